The molecule has 0 aliphatic carbocycles. The molecule has 1 aromatic carbocycles. The van der Waals surface area contributed by atoms with E-state index in [1.807, 2.05) is 0 Å². The summed E-state index contributed by atoms with van der Waals surface area (Å²) in [5.41, 5.74) is 0. The molecule has 0 saturated carbocycles. The molecule has 1 heterocycles. The molecule has 0 N–H and O–H groups in total. The molecular weight excluding hydrogens is 338 g/mol. The van der Waals surface area contributed by atoms with Gasteiger partial charge >= 0.3 is 0 Å². The van der Waals surface area contributed by atoms with Gasteiger partial charge in [-0.25, -0.2) is 16.8 Å². The van der Waals surface area contributed by atoms with Gasteiger partial charge < -0.3 is 4.74 Å². The number of nitrogens with zero attached hydrogens (tertiary/aromatic N) is 1. The van der Waals surface area contributed by atoms with E-state index in [2.05, 4.69) is 0 Å². The van der Waals surface area contributed by atoms with Gasteiger partial charge in [-0.2, -0.15) is 4.31 Å². The Hall–Kier alpha value is -0.670. The number of piperidine rings is 1. The second kappa shape index (κ2) is 6.21. The van der Waals surface area contributed by atoms with E-state index < -0.39 is 19.1 Å². The van der Waals surface area contributed by atoms with Gasteiger partial charge in [0.25, 0.3) is 9.05 Å². The molecule has 1 saturated heterocycles. The van der Waals surface area contributed by atoms with Crippen LogP contribution in [0.2, 0.25) is 0 Å². The Balaban J connectivity index is 2.27. The minimum atomic E-state index is -3.86. The first-order valence-electron chi connectivity index (χ1n) is 6.33. The Morgan fingerprint density at radius 2 is 1.71 bits per heavy atom. The maximum atomic E-state index is 12.5. The van der Waals surface area contributed by atoms with Crippen LogP contribution >= 0.6 is 10.7 Å². The third-order valence-electron chi connectivity index (χ3n) is 3.42. The van der Waals surface area contributed by atoms with Crippen molar-refractivity contribution in [2.24, 2.45) is 0 Å². The summed E-state index contributed by atoms with van der Waals surface area (Å²) in [6, 6.07) is 4.88. The molecule has 21 heavy (non-hydrogen) atoms. The van der Waals surface area contributed by atoms with E-state index >= 15 is 0 Å². The Kier molecular flexibility index (Phi) is 4.94. The molecular formula is C12H16ClNO5S2. The summed E-state index contributed by atoms with van der Waals surface area (Å²) in [7, 11) is -0.747. The van der Waals surface area contributed by atoms with Crippen molar-refractivity contribution >= 4 is 29.8 Å². The van der Waals surface area contributed by atoms with Gasteiger partial charge in [0.05, 0.1) is 15.9 Å². The van der Waals surface area contributed by atoms with Gasteiger partial charge in [0.1, 0.15) is 0 Å². The third kappa shape index (κ3) is 3.75. The lowest BCUT2D eigenvalue weighted by molar-refractivity contribution is 0.0572. The first-order chi connectivity index (χ1) is 9.75. The molecule has 1 unspecified atom stereocenters. The highest BCUT2D eigenvalue weighted by atomic mass is 35.7. The average molecular weight is 354 g/mol. The zero-order valence-corrected chi connectivity index (χ0v) is 13.8. The topological polar surface area (TPSA) is 80.8 Å². The summed E-state index contributed by atoms with van der Waals surface area (Å²) in [6.45, 7) is 0.728. The monoisotopic (exact) mass is 353 g/mol. The van der Waals surface area contributed by atoms with Crippen molar-refractivity contribution in [2.45, 2.75) is 28.7 Å². The quantitative estimate of drug-likeness (QED) is 0.764. The molecule has 118 valence electrons. The number of rotatable bonds is 4. The summed E-state index contributed by atoms with van der Waals surface area (Å²) in [6.07, 6.45) is 1.44. The number of sulfonamides is 1. The molecule has 2 rings (SSSR count). The number of methoxy groups -OCH3 is 1. The van der Waals surface area contributed by atoms with Crippen LogP contribution in [0.5, 0.6) is 0 Å². The molecule has 6 nitrogen and oxygen atoms in total. The SMILES string of the molecule is COC1CCCN(S(=O)(=O)c2ccc(S(=O)(=O)Cl)cc2)C1. The van der Waals surface area contributed by atoms with Crippen LogP contribution in [0.4, 0.5) is 0 Å². The highest BCUT2D eigenvalue weighted by Gasteiger charge is 2.30. The van der Waals surface area contributed by atoms with Gasteiger partial charge in [-0.3, -0.25) is 0 Å². The van der Waals surface area contributed by atoms with Gasteiger partial charge in [-0.05, 0) is 37.1 Å². The van der Waals surface area contributed by atoms with E-state index in [9.17, 15) is 16.8 Å². The molecule has 9 heteroatoms. The highest BCUT2D eigenvalue weighted by Crippen LogP contribution is 2.23. The van der Waals surface area contributed by atoms with Crippen LogP contribution in [0.15, 0.2) is 34.1 Å². The molecule has 1 atom stereocenters. The first kappa shape index (κ1) is 16.7. The predicted molar refractivity (Wildman–Crippen MR) is 78.3 cm³/mol. The van der Waals surface area contributed by atoms with E-state index in [-0.39, 0.29) is 15.9 Å². The maximum absolute atomic E-state index is 12.5. The van der Waals surface area contributed by atoms with E-state index in [1.54, 1.807) is 7.11 Å². The normalized spacial score (nSPS) is 21.3. The third-order valence-corrected chi connectivity index (χ3v) is 6.67. The fraction of sp³-hybridized carbons (Fsp3) is 0.500. The number of hydrogen-bond donors (Lipinski definition) is 0. The lowest BCUT2D eigenvalue weighted by atomic mass is 10.1. The van der Waals surface area contributed by atoms with Gasteiger partial charge in [0.2, 0.25) is 10.0 Å². The van der Waals surface area contributed by atoms with E-state index in [0.29, 0.717) is 13.1 Å². The van der Waals surface area contributed by atoms with Crippen molar-refractivity contribution in [2.75, 3.05) is 20.2 Å². The van der Waals surface area contributed by atoms with Crippen molar-refractivity contribution < 1.29 is 21.6 Å². The Morgan fingerprint density at radius 3 is 2.24 bits per heavy atom. The van der Waals surface area contributed by atoms with Gasteiger partial charge in [0, 0.05) is 30.9 Å². The average Bonchev–Trinajstić information content (AvgIpc) is 2.46. The molecule has 0 spiro atoms. The van der Waals surface area contributed by atoms with E-state index in [0.717, 1.165) is 12.8 Å². The van der Waals surface area contributed by atoms with Crippen LogP contribution in [0.25, 0.3) is 0 Å². The first-order valence-corrected chi connectivity index (χ1v) is 10.1. The van der Waals surface area contributed by atoms with E-state index in [1.165, 1.54) is 28.6 Å². The Labute approximate surface area is 129 Å². The number of halogens is 1. The van der Waals surface area contributed by atoms with Gasteiger partial charge in [-0.15, -0.1) is 0 Å². The number of ether oxygens (including phenoxy) is 1. The lowest BCUT2D eigenvalue weighted by Crippen LogP contribution is -2.42. The highest BCUT2D eigenvalue weighted by molar-refractivity contribution is 8.13. The molecule has 0 bridgehead atoms. The molecule has 1 fully saturated rings. The number of benzene rings is 1. The largest absolute Gasteiger partial charge is 0.380 e. The van der Waals surface area contributed by atoms with Crippen molar-refractivity contribution in [3.8, 4) is 0 Å². The van der Waals surface area contributed by atoms with Crippen molar-refractivity contribution in [1.82, 2.24) is 4.31 Å². The van der Waals surface area contributed by atoms with Crippen molar-refractivity contribution in [3.05, 3.63) is 24.3 Å². The summed E-state index contributed by atoms with van der Waals surface area (Å²) in [4.78, 5) is -0.0835. The second-order valence-electron chi connectivity index (χ2n) is 4.77. The molecule has 0 aromatic heterocycles. The summed E-state index contributed by atoms with van der Waals surface area (Å²) in [5, 5.41) is 0. The molecule has 0 amide bonds. The fourth-order valence-electron chi connectivity index (χ4n) is 2.24. The predicted octanol–water partition coefficient (Wildman–Crippen LogP) is 1.41. The standard InChI is InChI=1S/C12H16ClNO5S2/c1-19-10-3-2-8-14(9-10)21(17,18)12-6-4-11(5-7-12)20(13,15)16/h4-7,10H,2-3,8-9H2,1H3. The van der Waals surface area contributed by atoms with Crippen LogP contribution in [-0.4, -0.2) is 47.4 Å². The summed E-state index contributed by atoms with van der Waals surface area (Å²) < 4.78 is 53.9. The molecule has 1 aliphatic heterocycles. The minimum absolute atomic E-state index is 0.0447. The smallest absolute Gasteiger partial charge is 0.261 e. The van der Waals surface area contributed by atoms with Crippen LogP contribution in [0.1, 0.15) is 12.8 Å². The fourth-order valence-corrected chi connectivity index (χ4v) is 4.52. The molecule has 0 radical (unpaired) electrons. The maximum Gasteiger partial charge on any atom is 0.261 e. The van der Waals surface area contributed by atoms with Crippen LogP contribution in [0.3, 0.4) is 0 Å². The molecule has 1 aliphatic rings. The minimum Gasteiger partial charge on any atom is -0.380 e. The zero-order valence-electron chi connectivity index (χ0n) is 11.4. The van der Waals surface area contributed by atoms with Crippen molar-refractivity contribution in [1.29, 1.82) is 0 Å². The summed E-state index contributed by atoms with van der Waals surface area (Å²) in [5.74, 6) is 0. The van der Waals surface area contributed by atoms with Crippen LogP contribution in [0, 0.1) is 0 Å². The second-order valence-corrected chi connectivity index (χ2v) is 9.28. The van der Waals surface area contributed by atoms with E-state index in [4.69, 9.17) is 15.4 Å². The van der Waals surface area contributed by atoms with Crippen molar-refractivity contribution in [3.63, 3.8) is 0 Å². The zero-order chi connectivity index (χ0) is 15.7. The van der Waals surface area contributed by atoms with Crippen LogP contribution < -0.4 is 0 Å². The number of hydrogen-bond acceptors (Lipinski definition) is 5. The molecule has 1 aromatic rings. The van der Waals surface area contributed by atoms with Gasteiger partial charge in [-0.1, -0.05) is 0 Å². The van der Waals surface area contributed by atoms with Gasteiger partial charge in [0.15, 0.2) is 0 Å². The summed E-state index contributed by atoms with van der Waals surface area (Å²) >= 11 is 0. The Morgan fingerprint density at radius 1 is 1.14 bits per heavy atom. The van der Waals surface area contributed by atoms with Crippen LogP contribution in [-0.2, 0) is 23.8 Å². The Bertz CT molecular complexity index is 700. The lowest BCUT2D eigenvalue weighted by Gasteiger charge is -2.31.